The van der Waals surface area contributed by atoms with E-state index in [9.17, 15) is 23.1 Å². The highest BCUT2D eigenvalue weighted by Crippen LogP contribution is 2.38. The van der Waals surface area contributed by atoms with Crippen LogP contribution in [-0.4, -0.2) is 30.3 Å². The van der Waals surface area contributed by atoms with Crippen LogP contribution in [0, 0.1) is 0 Å². The van der Waals surface area contributed by atoms with Crippen molar-refractivity contribution >= 4 is 29.1 Å². The molecule has 0 fully saturated rings. The molecule has 2 N–H and O–H groups in total. The Balaban J connectivity index is 2.01. The molecular formula is C17H14Cl2F3NO3. The Morgan fingerprint density at radius 3 is 2.35 bits per heavy atom. The van der Waals surface area contributed by atoms with E-state index in [4.69, 9.17) is 27.9 Å². The van der Waals surface area contributed by atoms with Crippen LogP contribution in [0.25, 0.3) is 0 Å². The second-order valence-electron chi connectivity index (χ2n) is 5.36. The summed E-state index contributed by atoms with van der Waals surface area (Å²) < 4.78 is 45.1. The molecule has 0 bridgehead atoms. The van der Waals surface area contributed by atoms with Gasteiger partial charge in [0.2, 0.25) is 5.60 Å². The molecule has 26 heavy (non-hydrogen) atoms. The summed E-state index contributed by atoms with van der Waals surface area (Å²) in [4.78, 5) is 11.8. The standard InChI is InChI=1S/C17H14Cl2F3NO3/c18-12-6-7-14(13(19)8-12)26-9-15(24)23-10-16(25,17(20,21)22)11-4-2-1-3-5-11/h1-8,25H,9-10H2,(H,23,24)/t16-/m0/s1. The molecule has 1 atom stereocenters. The van der Waals surface area contributed by atoms with Crippen molar-refractivity contribution in [3.8, 4) is 5.75 Å². The van der Waals surface area contributed by atoms with Gasteiger partial charge < -0.3 is 15.2 Å². The van der Waals surface area contributed by atoms with Crippen LogP contribution in [0.15, 0.2) is 48.5 Å². The number of nitrogens with one attached hydrogen (secondary N) is 1. The van der Waals surface area contributed by atoms with Crippen molar-refractivity contribution in [1.29, 1.82) is 0 Å². The van der Waals surface area contributed by atoms with E-state index in [0.29, 0.717) is 5.02 Å². The van der Waals surface area contributed by atoms with E-state index < -0.39 is 30.8 Å². The van der Waals surface area contributed by atoms with Gasteiger partial charge in [0.15, 0.2) is 6.61 Å². The van der Waals surface area contributed by atoms with Crippen molar-refractivity contribution < 1.29 is 27.8 Å². The first-order chi connectivity index (χ1) is 12.1. The Morgan fingerprint density at radius 2 is 1.77 bits per heavy atom. The molecule has 0 aliphatic rings. The van der Waals surface area contributed by atoms with E-state index in [1.807, 2.05) is 5.32 Å². The molecule has 0 saturated heterocycles. The van der Waals surface area contributed by atoms with Gasteiger partial charge in [0.1, 0.15) is 5.75 Å². The summed E-state index contributed by atoms with van der Waals surface area (Å²) >= 11 is 11.6. The first-order valence-electron chi connectivity index (χ1n) is 7.32. The van der Waals surface area contributed by atoms with Crippen LogP contribution in [0.4, 0.5) is 13.2 Å². The summed E-state index contributed by atoms with van der Waals surface area (Å²) in [7, 11) is 0. The maximum absolute atomic E-state index is 13.3. The van der Waals surface area contributed by atoms with Crippen molar-refractivity contribution in [2.24, 2.45) is 0 Å². The quantitative estimate of drug-likeness (QED) is 0.762. The number of carbonyl (C=O) groups excluding carboxylic acids is 1. The number of alkyl halides is 3. The van der Waals surface area contributed by atoms with Crippen molar-refractivity contribution in [1.82, 2.24) is 5.32 Å². The zero-order valence-corrected chi connectivity index (χ0v) is 14.7. The van der Waals surface area contributed by atoms with Crippen molar-refractivity contribution in [2.45, 2.75) is 11.8 Å². The SMILES string of the molecule is O=C(COc1ccc(Cl)cc1Cl)NC[C@](O)(c1ccccc1)C(F)(F)F. The lowest BCUT2D eigenvalue weighted by atomic mass is 9.93. The normalized spacial score (nSPS) is 13.8. The average molecular weight is 408 g/mol. The number of aliphatic hydroxyl groups is 1. The van der Waals surface area contributed by atoms with Gasteiger partial charge >= 0.3 is 6.18 Å². The highest BCUT2D eigenvalue weighted by atomic mass is 35.5. The molecule has 4 nitrogen and oxygen atoms in total. The van der Waals surface area contributed by atoms with Crippen LogP contribution in [0.3, 0.4) is 0 Å². The zero-order valence-electron chi connectivity index (χ0n) is 13.2. The minimum atomic E-state index is -4.98. The second kappa shape index (κ2) is 8.16. The lowest BCUT2D eigenvalue weighted by Crippen LogP contribution is -2.51. The van der Waals surface area contributed by atoms with Crippen molar-refractivity contribution in [2.75, 3.05) is 13.2 Å². The molecule has 140 valence electrons. The summed E-state index contributed by atoms with van der Waals surface area (Å²) in [5.41, 5.74) is -3.60. The van der Waals surface area contributed by atoms with Crippen LogP contribution < -0.4 is 10.1 Å². The number of ether oxygens (including phenoxy) is 1. The van der Waals surface area contributed by atoms with E-state index in [0.717, 1.165) is 12.1 Å². The van der Waals surface area contributed by atoms with E-state index in [2.05, 4.69) is 0 Å². The maximum Gasteiger partial charge on any atom is 0.423 e. The fourth-order valence-electron chi connectivity index (χ4n) is 2.09. The number of halogens is 5. The van der Waals surface area contributed by atoms with E-state index >= 15 is 0 Å². The summed E-state index contributed by atoms with van der Waals surface area (Å²) in [6.45, 7) is -1.64. The minimum Gasteiger partial charge on any atom is -0.482 e. The molecule has 0 heterocycles. The highest BCUT2D eigenvalue weighted by molar-refractivity contribution is 6.35. The number of hydrogen-bond donors (Lipinski definition) is 2. The lowest BCUT2D eigenvalue weighted by molar-refractivity contribution is -0.264. The van der Waals surface area contributed by atoms with Crippen LogP contribution in [0.1, 0.15) is 5.56 Å². The molecule has 9 heteroatoms. The van der Waals surface area contributed by atoms with E-state index in [1.54, 1.807) is 0 Å². The Morgan fingerprint density at radius 1 is 1.12 bits per heavy atom. The number of carbonyl (C=O) groups is 1. The molecule has 0 radical (unpaired) electrons. The third-order valence-corrected chi connectivity index (χ3v) is 4.04. The zero-order chi connectivity index (χ0) is 19.4. The topological polar surface area (TPSA) is 58.6 Å². The summed E-state index contributed by atoms with van der Waals surface area (Å²) in [6, 6.07) is 10.8. The van der Waals surface area contributed by atoms with Crippen molar-refractivity contribution in [3.63, 3.8) is 0 Å². The molecule has 0 aliphatic heterocycles. The van der Waals surface area contributed by atoms with Crippen molar-refractivity contribution in [3.05, 3.63) is 64.1 Å². The Kier molecular flexibility index (Phi) is 6.39. The molecule has 0 spiro atoms. The fraction of sp³-hybridized carbons (Fsp3) is 0.235. The van der Waals surface area contributed by atoms with Gasteiger partial charge in [0.25, 0.3) is 5.91 Å². The average Bonchev–Trinajstić information content (AvgIpc) is 2.58. The van der Waals surface area contributed by atoms with Gasteiger partial charge in [-0.05, 0) is 23.8 Å². The number of rotatable bonds is 6. The predicted molar refractivity (Wildman–Crippen MR) is 91.4 cm³/mol. The summed E-state index contributed by atoms with van der Waals surface area (Å²) in [6.07, 6.45) is -4.98. The molecule has 2 aromatic rings. The molecule has 2 aromatic carbocycles. The summed E-state index contributed by atoms with van der Waals surface area (Å²) in [5.74, 6) is -0.699. The molecule has 1 amide bonds. The molecule has 0 unspecified atom stereocenters. The van der Waals surface area contributed by atoms with Gasteiger partial charge in [0, 0.05) is 5.02 Å². The first-order valence-corrected chi connectivity index (χ1v) is 8.08. The van der Waals surface area contributed by atoms with Crippen LogP contribution in [0.5, 0.6) is 5.75 Å². The van der Waals surface area contributed by atoms with E-state index in [-0.39, 0.29) is 16.3 Å². The van der Waals surface area contributed by atoms with Crippen LogP contribution in [0.2, 0.25) is 10.0 Å². The minimum absolute atomic E-state index is 0.153. The number of amides is 1. The lowest BCUT2D eigenvalue weighted by Gasteiger charge is -2.31. The van der Waals surface area contributed by atoms with Gasteiger partial charge in [-0.25, -0.2) is 0 Å². The van der Waals surface area contributed by atoms with E-state index in [1.165, 1.54) is 36.4 Å². The molecule has 0 aliphatic carbocycles. The Hall–Kier alpha value is -1.96. The molecule has 0 aromatic heterocycles. The molecule has 0 saturated carbocycles. The fourth-order valence-corrected chi connectivity index (χ4v) is 2.56. The third-order valence-electron chi connectivity index (χ3n) is 3.51. The third kappa shape index (κ3) is 4.81. The second-order valence-corrected chi connectivity index (χ2v) is 6.21. The van der Waals surface area contributed by atoms with Gasteiger partial charge in [-0.3, -0.25) is 4.79 Å². The maximum atomic E-state index is 13.3. The largest absolute Gasteiger partial charge is 0.482 e. The van der Waals surface area contributed by atoms with Crippen LogP contribution >= 0.6 is 23.2 Å². The Bertz CT molecular complexity index is 772. The van der Waals surface area contributed by atoms with Gasteiger partial charge in [-0.2, -0.15) is 13.2 Å². The Labute approximate surface area is 157 Å². The van der Waals surface area contributed by atoms with Crippen LogP contribution in [-0.2, 0) is 10.4 Å². The van der Waals surface area contributed by atoms with Gasteiger partial charge in [-0.15, -0.1) is 0 Å². The predicted octanol–water partition coefficient (Wildman–Crippen LogP) is 3.94. The monoisotopic (exact) mass is 407 g/mol. The summed E-state index contributed by atoms with van der Waals surface area (Å²) in [5, 5.41) is 12.7. The number of hydrogen-bond acceptors (Lipinski definition) is 3. The highest BCUT2D eigenvalue weighted by Gasteiger charge is 2.55. The molecule has 2 rings (SSSR count). The molecular weight excluding hydrogens is 394 g/mol. The smallest absolute Gasteiger partial charge is 0.423 e. The first kappa shape index (κ1) is 20.4. The number of benzene rings is 2. The van der Waals surface area contributed by atoms with Gasteiger partial charge in [-0.1, -0.05) is 53.5 Å². The van der Waals surface area contributed by atoms with Gasteiger partial charge in [0.05, 0.1) is 11.6 Å².